The number of nitrogens with one attached hydrogen (secondary N) is 2. The summed E-state index contributed by atoms with van der Waals surface area (Å²) in [7, 11) is 1.85. The molecule has 1 atom stereocenters. The maximum Gasteiger partial charge on any atom is 0.191 e. The standard InChI is InChI=1S/C22H39N5.HI/c1-5-26(6-2)15-8-7-14-24-22(23-4)25-19(3)20-12-11-13-21(18-20)27-16-9-10-17-27;/h11-13,18-19H,5-10,14-17H2,1-4H3,(H2,23,24,25);1H. The van der Waals surface area contributed by atoms with Crippen molar-refractivity contribution in [2.75, 3.05) is 51.2 Å². The van der Waals surface area contributed by atoms with Crippen LogP contribution >= 0.6 is 24.0 Å². The third kappa shape index (κ3) is 8.15. The van der Waals surface area contributed by atoms with Crippen molar-refractivity contribution >= 4 is 35.6 Å². The average molecular weight is 502 g/mol. The molecule has 6 heteroatoms. The molecule has 1 heterocycles. The fraction of sp³-hybridized carbons (Fsp3) is 0.682. The van der Waals surface area contributed by atoms with E-state index in [0.29, 0.717) is 0 Å². The van der Waals surface area contributed by atoms with Gasteiger partial charge in [-0.25, -0.2) is 0 Å². The first-order chi connectivity index (χ1) is 13.2. The normalized spacial score (nSPS) is 15.5. The van der Waals surface area contributed by atoms with E-state index in [4.69, 9.17) is 0 Å². The summed E-state index contributed by atoms with van der Waals surface area (Å²) in [5.41, 5.74) is 2.65. The van der Waals surface area contributed by atoms with Crippen LogP contribution in [0.5, 0.6) is 0 Å². The second-order valence-corrected chi connectivity index (χ2v) is 7.39. The highest BCUT2D eigenvalue weighted by Gasteiger charge is 2.14. The van der Waals surface area contributed by atoms with Crippen molar-refractivity contribution < 1.29 is 0 Å². The Kier molecular flexibility index (Phi) is 12.5. The second-order valence-electron chi connectivity index (χ2n) is 7.39. The van der Waals surface area contributed by atoms with Crippen LogP contribution in [-0.4, -0.2) is 57.2 Å². The second kappa shape index (κ2) is 14.0. The summed E-state index contributed by atoms with van der Waals surface area (Å²) in [5, 5.41) is 6.99. The van der Waals surface area contributed by atoms with Gasteiger partial charge in [0.05, 0.1) is 6.04 Å². The number of nitrogens with zero attached hydrogens (tertiary/aromatic N) is 3. The van der Waals surface area contributed by atoms with Crippen LogP contribution in [-0.2, 0) is 0 Å². The molecule has 0 bridgehead atoms. The van der Waals surface area contributed by atoms with E-state index < -0.39 is 0 Å². The Morgan fingerprint density at radius 1 is 1.18 bits per heavy atom. The number of unbranched alkanes of at least 4 members (excludes halogenated alkanes) is 1. The van der Waals surface area contributed by atoms with E-state index in [-0.39, 0.29) is 30.0 Å². The SMILES string of the molecule is CCN(CC)CCCCNC(=NC)NC(C)c1cccc(N2CCCC2)c1.I. The van der Waals surface area contributed by atoms with Crippen LogP contribution < -0.4 is 15.5 Å². The van der Waals surface area contributed by atoms with Gasteiger partial charge in [-0.15, -0.1) is 24.0 Å². The monoisotopic (exact) mass is 501 g/mol. The Balaban J connectivity index is 0.00000392. The van der Waals surface area contributed by atoms with Gasteiger partial charge in [-0.05, 0) is 69.9 Å². The van der Waals surface area contributed by atoms with Crippen LogP contribution in [0.2, 0.25) is 0 Å². The number of guanidine groups is 1. The minimum Gasteiger partial charge on any atom is -0.372 e. The van der Waals surface area contributed by atoms with E-state index in [2.05, 4.69) is 70.5 Å². The number of anilines is 1. The van der Waals surface area contributed by atoms with E-state index in [1.54, 1.807) is 0 Å². The van der Waals surface area contributed by atoms with E-state index >= 15 is 0 Å². The highest BCUT2D eigenvalue weighted by molar-refractivity contribution is 14.0. The van der Waals surface area contributed by atoms with Gasteiger partial charge in [-0.3, -0.25) is 4.99 Å². The molecule has 1 aliphatic rings. The quantitative estimate of drug-likeness (QED) is 0.218. The Morgan fingerprint density at radius 3 is 2.54 bits per heavy atom. The van der Waals surface area contributed by atoms with Crippen molar-refractivity contribution in [3.8, 4) is 0 Å². The largest absolute Gasteiger partial charge is 0.372 e. The predicted octanol–water partition coefficient (Wildman–Crippen LogP) is 4.25. The van der Waals surface area contributed by atoms with Gasteiger partial charge in [0.1, 0.15) is 0 Å². The van der Waals surface area contributed by atoms with Crippen LogP contribution in [0.1, 0.15) is 58.1 Å². The van der Waals surface area contributed by atoms with E-state index in [1.165, 1.54) is 50.1 Å². The summed E-state index contributed by atoms with van der Waals surface area (Å²) in [6, 6.07) is 9.15. The first-order valence-corrected chi connectivity index (χ1v) is 10.7. The maximum atomic E-state index is 4.39. The van der Waals surface area contributed by atoms with Gasteiger partial charge >= 0.3 is 0 Å². The Hall–Kier alpha value is -1.02. The zero-order valence-corrected chi connectivity index (χ0v) is 20.5. The summed E-state index contributed by atoms with van der Waals surface area (Å²) >= 11 is 0. The van der Waals surface area contributed by atoms with Gasteiger partial charge in [0.15, 0.2) is 5.96 Å². The molecule has 0 aromatic heterocycles. The lowest BCUT2D eigenvalue weighted by molar-refractivity contribution is 0.297. The number of rotatable bonds is 10. The molecule has 1 fully saturated rings. The van der Waals surface area contributed by atoms with Crippen molar-refractivity contribution in [3.63, 3.8) is 0 Å². The highest BCUT2D eigenvalue weighted by atomic mass is 127. The van der Waals surface area contributed by atoms with Gasteiger partial charge in [-0.2, -0.15) is 0 Å². The van der Waals surface area contributed by atoms with Crippen molar-refractivity contribution in [2.24, 2.45) is 4.99 Å². The fourth-order valence-corrected chi connectivity index (χ4v) is 3.66. The first-order valence-electron chi connectivity index (χ1n) is 10.7. The first kappa shape index (κ1) is 25.0. The summed E-state index contributed by atoms with van der Waals surface area (Å²) in [5.74, 6) is 0.886. The van der Waals surface area contributed by atoms with Gasteiger partial charge in [0, 0.05) is 32.4 Å². The smallest absolute Gasteiger partial charge is 0.191 e. The average Bonchev–Trinajstić information content (AvgIpc) is 3.24. The topological polar surface area (TPSA) is 42.9 Å². The molecule has 28 heavy (non-hydrogen) atoms. The third-order valence-electron chi connectivity index (χ3n) is 5.51. The molecule has 0 spiro atoms. The zero-order chi connectivity index (χ0) is 19.5. The minimum absolute atomic E-state index is 0. The van der Waals surface area contributed by atoms with E-state index in [9.17, 15) is 0 Å². The summed E-state index contributed by atoms with van der Waals surface area (Å²) < 4.78 is 0. The molecule has 0 amide bonds. The number of halogens is 1. The molecular formula is C22H40IN5. The number of aliphatic imine (C=N–C) groups is 1. The van der Waals surface area contributed by atoms with Gasteiger partial charge in [0.25, 0.3) is 0 Å². The number of hydrogen-bond donors (Lipinski definition) is 2. The van der Waals surface area contributed by atoms with Crippen LogP contribution in [0.3, 0.4) is 0 Å². The summed E-state index contributed by atoms with van der Waals surface area (Å²) in [6.45, 7) is 13.5. The molecule has 0 aliphatic carbocycles. The molecule has 160 valence electrons. The van der Waals surface area contributed by atoms with Crippen molar-refractivity contribution in [2.45, 2.75) is 52.5 Å². The Bertz CT molecular complexity index is 568. The molecule has 1 unspecified atom stereocenters. The maximum absolute atomic E-state index is 4.39. The number of benzene rings is 1. The minimum atomic E-state index is 0. The lowest BCUT2D eigenvalue weighted by Gasteiger charge is -2.22. The molecule has 1 aromatic rings. The van der Waals surface area contributed by atoms with Crippen LogP contribution in [0.15, 0.2) is 29.3 Å². The van der Waals surface area contributed by atoms with Crippen LogP contribution in [0.4, 0.5) is 5.69 Å². The molecule has 2 N–H and O–H groups in total. The molecule has 0 radical (unpaired) electrons. The molecule has 2 rings (SSSR count). The molecule has 1 saturated heterocycles. The van der Waals surface area contributed by atoms with Crippen molar-refractivity contribution in [1.29, 1.82) is 0 Å². The van der Waals surface area contributed by atoms with E-state index in [0.717, 1.165) is 32.0 Å². The lowest BCUT2D eigenvalue weighted by atomic mass is 10.1. The number of hydrogen-bond acceptors (Lipinski definition) is 3. The summed E-state index contributed by atoms with van der Waals surface area (Å²) in [4.78, 5) is 9.35. The Morgan fingerprint density at radius 2 is 1.89 bits per heavy atom. The lowest BCUT2D eigenvalue weighted by Crippen LogP contribution is -2.39. The predicted molar refractivity (Wildman–Crippen MR) is 133 cm³/mol. The highest BCUT2D eigenvalue weighted by Crippen LogP contribution is 2.23. The zero-order valence-electron chi connectivity index (χ0n) is 18.2. The van der Waals surface area contributed by atoms with Gasteiger partial charge < -0.3 is 20.4 Å². The molecule has 5 nitrogen and oxygen atoms in total. The molecule has 1 aromatic carbocycles. The summed E-state index contributed by atoms with van der Waals surface area (Å²) in [6.07, 6.45) is 5.00. The molecule has 0 saturated carbocycles. The van der Waals surface area contributed by atoms with E-state index in [1.807, 2.05) is 7.05 Å². The van der Waals surface area contributed by atoms with Gasteiger partial charge in [0.2, 0.25) is 0 Å². The Labute approximate surface area is 189 Å². The third-order valence-corrected chi connectivity index (χ3v) is 5.51. The molecular weight excluding hydrogens is 461 g/mol. The van der Waals surface area contributed by atoms with Crippen molar-refractivity contribution in [1.82, 2.24) is 15.5 Å². The van der Waals surface area contributed by atoms with Gasteiger partial charge in [-0.1, -0.05) is 26.0 Å². The van der Waals surface area contributed by atoms with Crippen LogP contribution in [0.25, 0.3) is 0 Å². The fourth-order valence-electron chi connectivity index (χ4n) is 3.66. The molecule has 1 aliphatic heterocycles. The van der Waals surface area contributed by atoms with Crippen LogP contribution in [0, 0.1) is 0 Å². The van der Waals surface area contributed by atoms with Crippen molar-refractivity contribution in [3.05, 3.63) is 29.8 Å².